The summed E-state index contributed by atoms with van der Waals surface area (Å²) in [5, 5.41) is 11.1. The van der Waals surface area contributed by atoms with E-state index in [-0.39, 0.29) is 24.5 Å². The van der Waals surface area contributed by atoms with Crippen molar-refractivity contribution in [2.24, 2.45) is 0 Å². The van der Waals surface area contributed by atoms with Crippen molar-refractivity contribution in [2.75, 3.05) is 6.54 Å². The van der Waals surface area contributed by atoms with Crippen LogP contribution >= 0.6 is 0 Å². The monoisotopic (exact) mass is 734 g/mol. The lowest BCUT2D eigenvalue weighted by atomic mass is 10.1. The fourth-order valence-electron chi connectivity index (χ4n) is 5.41. The van der Waals surface area contributed by atoms with Gasteiger partial charge in [-0.15, -0.1) is 0 Å². The normalized spacial score (nSPS) is 13.1. The van der Waals surface area contributed by atoms with Crippen LogP contribution in [0.4, 0.5) is 0 Å². The average molecular weight is 734 g/mol. The van der Waals surface area contributed by atoms with Crippen LogP contribution in [0.5, 0.6) is 0 Å². The Labute approximate surface area is 324 Å². The van der Waals surface area contributed by atoms with Gasteiger partial charge in [-0.05, 0) is 102 Å². The number of rotatable bonds is 36. The first-order chi connectivity index (χ1) is 26.0. The summed E-state index contributed by atoms with van der Waals surface area (Å²) in [4.78, 5) is 35.0. The second-order valence-corrected chi connectivity index (χ2v) is 13.5. The Morgan fingerprint density at radius 3 is 1.51 bits per heavy atom. The highest BCUT2D eigenvalue weighted by Gasteiger charge is 2.11. The molecule has 6 heteroatoms. The molecule has 0 bridgehead atoms. The molecule has 298 valence electrons. The van der Waals surface area contributed by atoms with Gasteiger partial charge in [0.05, 0.1) is 0 Å². The Kier molecular flexibility index (Phi) is 38.2. The zero-order valence-electron chi connectivity index (χ0n) is 33.6. The van der Waals surface area contributed by atoms with E-state index in [0.717, 1.165) is 116 Å². The van der Waals surface area contributed by atoms with Crippen molar-refractivity contribution in [1.29, 1.82) is 0 Å². The van der Waals surface area contributed by atoms with Crippen LogP contribution < -0.4 is 5.32 Å². The zero-order chi connectivity index (χ0) is 38.7. The summed E-state index contributed by atoms with van der Waals surface area (Å²) in [6, 6.07) is 0. The molecule has 0 aliphatic heterocycles. The van der Waals surface area contributed by atoms with Gasteiger partial charge >= 0.3 is 11.9 Å². The number of ether oxygens (including phenoxy) is 1. The molecule has 0 radical (unpaired) electrons. The Morgan fingerprint density at radius 1 is 0.528 bits per heavy atom. The molecule has 1 unspecified atom stereocenters. The number of unbranched alkanes of at least 4 members (excludes halogenated alkanes) is 11. The summed E-state index contributed by atoms with van der Waals surface area (Å²) in [6.07, 6.45) is 58.3. The fraction of sp³-hybridized carbons (Fsp3) is 0.596. The summed E-state index contributed by atoms with van der Waals surface area (Å²) in [7, 11) is 0. The van der Waals surface area contributed by atoms with Crippen LogP contribution in [0.25, 0.3) is 0 Å². The first-order valence-electron chi connectivity index (χ1n) is 20.9. The third-order valence-corrected chi connectivity index (χ3v) is 8.47. The fourth-order valence-corrected chi connectivity index (χ4v) is 5.41. The van der Waals surface area contributed by atoms with E-state index in [4.69, 9.17) is 9.84 Å². The van der Waals surface area contributed by atoms with E-state index in [0.29, 0.717) is 12.8 Å². The number of aliphatic carboxylic acids is 1. The molecule has 6 nitrogen and oxygen atoms in total. The van der Waals surface area contributed by atoms with Gasteiger partial charge < -0.3 is 15.2 Å². The first-order valence-corrected chi connectivity index (χ1v) is 20.9. The third-order valence-electron chi connectivity index (χ3n) is 8.47. The molecular weight excluding hydrogens is 659 g/mol. The van der Waals surface area contributed by atoms with Crippen LogP contribution in [-0.2, 0) is 19.1 Å². The second-order valence-electron chi connectivity index (χ2n) is 13.5. The molecule has 0 spiro atoms. The highest BCUT2D eigenvalue weighted by Crippen LogP contribution is 2.14. The molecule has 0 aliphatic carbocycles. The van der Waals surface area contributed by atoms with Gasteiger partial charge in [0.1, 0.15) is 12.6 Å². The quantitative estimate of drug-likeness (QED) is 0.0380. The number of carbonyl (C=O) groups is 3. The molecule has 0 saturated heterocycles. The molecule has 0 fully saturated rings. The number of nitrogens with one attached hydrogen (secondary N) is 1. The number of hydrogen-bond acceptors (Lipinski definition) is 4. The molecule has 0 aromatic heterocycles. The molecule has 53 heavy (non-hydrogen) atoms. The molecule has 0 heterocycles. The molecule has 0 rings (SSSR count). The SMILES string of the molecule is CC/C=C\C/C=C\C/C=C\C/C=C\C/C=C\C/C=C\CCCCCCC(=O)OC(/C=C\C/C=C\CCCCCC)CCCCCCC(=O)NCC(=O)O. The largest absolute Gasteiger partial charge is 0.480 e. The van der Waals surface area contributed by atoms with E-state index >= 15 is 0 Å². The predicted molar refractivity (Wildman–Crippen MR) is 226 cm³/mol. The van der Waals surface area contributed by atoms with Crippen LogP contribution in [0.2, 0.25) is 0 Å². The van der Waals surface area contributed by atoms with Crippen LogP contribution in [0.15, 0.2) is 97.2 Å². The van der Waals surface area contributed by atoms with E-state index in [9.17, 15) is 14.4 Å². The highest BCUT2D eigenvalue weighted by molar-refractivity contribution is 5.80. The smallest absolute Gasteiger partial charge is 0.322 e. The Balaban J connectivity index is 4.20. The van der Waals surface area contributed by atoms with Crippen molar-refractivity contribution in [3.8, 4) is 0 Å². The Bertz CT molecular complexity index is 1120. The number of esters is 1. The van der Waals surface area contributed by atoms with Crippen molar-refractivity contribution >= 4 is 17.8 Å². The van der Waals surface area contributed by atoms with Gasteiger partial charge in [-0.3, -0.25) is 14.4 Å². The van der Waals surface area contributed by atoms with Crippen molar-refractivity contribution < 1.29 is 24.2 Å². The van der Waals surface area contributed by atoms with E-state index in [2.05, 4.69) is 110 Å². The second kappa shape index (κ2) is 41.1. The summed E-state index contributed by atoms with van der Waals surface area (Å²) in [5.74, 6) is -1.39. The molecule has 0 aliphatic rings. The maximum Gasteiger partial charge on any atom is 0.322 e. The topological polar surface area (TPSA) is 92.7 Å². The van der Waals surface area contributed by atoms with Crippen LogP contribution in [-0.4, -0.2) is 35.6 Å². The van der Waals surface area contributed by atoms with Gasteiger partial charge in [0, 0.05) is 12.8 Å². The minimum absolute atomic E-state index is 0.127. The minimum Gasteiger partial charge on any atom is -0.480 e. The summed E-state index contributed by atoms with van der Waals surface area (Å²) in [5.41, 5.74) is 0. The molecule has 0 aromatic rings. The summed E-state index contributed by atoms with van der Waals surface area (Å²) >= 11 is 0. The van der Waals surface area contributed by atoms with Crippen molar-refractivity contribution in [1.82, 2.24) is 5.32 Å². The van der Waals surface area contributed by atoms with E-state index in [1.54, 1.807) is 0 Å². The highest BCUT2D eigenvalue weighted by atomic mass is 16.5. The Morgan fingerprint density at radius 2 is 0.981 bits per heavy atom. The van der Waals surface area contributed by atoms with Gasteiger partial charge in [0.25, 0.3) is 0 Å². The number of carbonyl (C=O) groups excluding carboxylic acids is 2. The first kappa shape index (κ1) is 49.3. The maximum atomic E-state index is 12.7. The molecule has 0 saturated carbocycles. The third kappa shape index (κ3) is 41.0. The standard InChI is InChI=1S/C47H75NO5/c1-3-5-7-9-11-13-14-15-16-17-18-19-20-21-22-23-24-25-26-28-30-32-38-42-47(52)53-44(39-35-31-29-27-12-10-8-6-4-2)40-36-33-34-37-41-45(49)48-43-46(50)51/h5,7,11,13,15-16,18-19,21-22,24-25,27,29,35,39,44H,3-4,6,8-10,12,14,17,20,23,26,28,30-34,36-38,40-43H2,1-2H3,(H,48,49)(H,50,51)/b7-5-,13-11-,16-15-,19-18-,22-21-,25-24-,29-27-,39-35-. The minimum atomic E-state index is -1.04. The van der Waals surface area contributed by atoms with Gasteiger partial charge in [-0.2, -0.15) is 0 Å². The number of carboxylic acid groups (broad SMARTS) is 1. The maximum absolute atomic E-state index is 12.7. The van der Waals surface area contributed by atoms with Crippen LogP contribution in [0.1, 0.15) is 168 Å². The molecule has 0 aromatic carbocycles. The number of amides is 1. The predicted octanol–water partition coefficient (Wildman–Crippen LogP) is 13.0. The Hall–Kier alpha value is -3.67. The van der Waals surface area contributed by atoms with E-state index in [1.165, 1.54) is 25.7 Å². The molecular formula is C47H75NO5. The number of allylic oxidation sites excluding steroid dienone is 15. The van der Waals surface area contributed by atoms with E-state index in [1.807, 2.05) is 6.08 Å². The summed E-state index contributed by atoms with van der Waals surface area (Å²) in [6.45, 7) is 4.04. The zero-order valence-corrected chi connectivity index (χ0v) is 33.6. The van der Waals surface area contributed by atoms with Crippen molar-refractivity contribution in [3.05, 3.63) is 97.2 Å². The number of hydrogen-bond donors (Lipinski definition) is 2. The van der Waals surface area contributed by atoms with Crippen molar-refractivity contribution in [3.63, 3.8) is 0 Å². The van der Waals surface area contributed by atoms with Crippen molar-refractivity contribution in [2.45, 2.75) is 174 Å². The lowest BCUT2D eigenvalue weighted by molar-refractivity contribution is -0.147. The van der Waals surface area contributed by atoms with Gasteiger partial charge in [0.2, 0.25) is 5.91 Å². The lowest BCUT2D eigenvalue weighted by Gasteiger charge is -2.14. The van der Waals surface area contributed by atoms with Gasteiger partial charge in [0.15, 0.2) is 0 Å². The number of carboxylic acids is 1. The van der Waals surface area contributed by atoms with Gasteiger partial charge in [-0.25, -0.2) is 0 Å². The van der Waals surface area contributed by atoms with Crippen LogP contribution in [0.3, 0.4) is 0 Å². The molecule has 1 amide bonds. The van der Waals surface area contributed by atoms with Crippen LogP contribution in [0, 0.1) is 0 Å². The average Bonchev–Trinajstić information content (AvgIpc) is 3.14. The summed E-state index contributed by atoms with van der Waals surface area (Å²) < 4.78 is 5.87. The molecule has 2 N–H and O–H groups in total. The lowest BCUT2D eigenvalue weighted by Crippen LogP contribution is -2.28. The van der Waals surface area contributed by atoms with E-state index < -0.39 is 5.97 Å². The molecule has 1 atom stereocenters. The van der Waals surface area contributed by atoms with Gasteiger partial charge in [-0.1, -0.05) is 150 Å².